The number of hydrogen-bond donors (Lipinski definition) is 2. The quantitative estimate of drug-likeness (QED) is 0.515. The molecule has 0 aliphatic heterocycles. The molecule has 27 heavy (non-hydrogen) atoms. The Morgan fingerprint density at radius 3 is 2.85 bits per heavy atom. The summed E-state index contributed by atoms with van der Waals surface area (Å²) in [6.07, 6.45) is 5.70. The van der Waals surface area contributed by atoms with Gasteiger partial charge in [0.1, 0.15) is 6.33 Å². The van der Waals surface area contributed by atoms with E-state index in [9.17, 15) is 9.59 Å². The SMILES string of the molecule is C[C@H](Sc1nc2ccccc2c(=O)n1-c1ncn[nH]1)C(=O)NC1CCCC1. The van der Waals surface area contributed by atoms with Gasteiger partial charge in [0.2, 0.25) is 11.9 Å². The van der Waals surface area contributed by atoms with Gasteiger partial charge in [-0.25, -0.2) is 14.6 Å². The maximum Gasteiger partial charge on any atom is 0.269 e. The summed E-state index contributed by atoms with van der Waals surface area (Å²) in [6, 6.07) is 7.39. The highest BCUT2D eigenvalue weighted by Crippen LogP contribution is 2.25. The molecule has 1 saturated carbocycles. The van der Waals surface area contributed by atoms with Gasteiger partial charge >= 0.3 is 0 Å². The molecule has 1 amide bonds. The van der Waals surface area contributed by atoms with E-state index in [1.54, 1.807) is 18.2 Å². The fourth-order valence-electron chi connectivity index (χ4n) is 3.29. The first-order valence-corrected chi connectivity index (χ1v) is 9.86. The number of amides is 1. The molecule has 0 spiro atoms. The van der Waals surface area contributed by atoms with E-state index in [1.807, 2.05) is 13.0 Å². The molecule has 8 nitrogen and oxygen atoms in total. The van der Waals surface area contributed by atoms with Crippen molar-refractivity contribution in [2.75, 3.05) is 0 Å². The van der Waals surface area contributed by atoms with E-state index in [1.165, 1.54) is 22.7 Å². The fraction of sp³-hybridized carbons (Fsp3) is 0.389. The maximum atomic E-state index is 13.0. The molecule has 1 atom stereocenters. The van der Waals surface area contributed by atoms with E-state index < -0.39 is 5.25 Å². The molecule has 2 N–H and O–H groups in total. The van der Waals surface area contributed by atoms with Crippen molar-refractivity contribution in [2.24, 2.45) is 0 Å². The minimum absolute atomic E-state index is 0.0431. The number of carbonyl (C=O) groups is 1. The van der Waals surface area contributed by atoms with E-state index in [0.717, 1.165) is 25.7 Å². The van der Waals surface area contributed by atoms with Gasteiger partial charge < -0.3 is 5.32 Å². The summed E-state index contributed by atoms with van der Waals surface area (Å²) in [4.78, 5) is 34.3. The van der Waals surface area contributed by atoms with Gasteiger partial charge in [0.15, 0.2) is 5.16 Å². The highest BCUT2D eigenvalue weighted by Gasteiger charge is 2.24. The van der Waals surface area contributed by atoms with Crippen molar-refractivity contribution in [3.05, 3.63) is 40.9 Å². The molecule has 0 unspecified atom stereocenters. The van der Waals surface area contributed by atoms with Gasteiger partial charge in [0.25, 0.3) is 5.56 Å². The second-order valence-corrected chi connectivity index (χ2v) is 7.92. The third kappa shape index (κ3) is 3.59. The molecule has 2 aromatic heterocycles. The predicted octanol–water partition coefficient (Wildman–Crippen LogP) is 2.04. The van der Waals surface area contributed by atoms with Crippen LogP contribution in [-0.2, 0) is 4.79 Å². The third-order valence-corrected chi connectivity index (χ3v) is 5.76. The lowest BCUT2D eigenvalue weighted by Crippen LogP contribution is -2.38. The third-order valence-electron chi connectivity index (χ3n) is 4.71. The summed E-state index contributed by atoms with van der Waals surface area (Å²) < 4.78 is 1.37. The second-order valence-electron chi connectivity index (χ2n) is 6.61. The Morgan fingerprint density at radius 2 is 2.11 bits per heavy atom. The van der Waals surface area contributed by atoms with Crippen LogP contribution in [0.1, 0.15) is 32.6 Å². The minimum atomic E-state index is -0.396. The zero-order chi connectivity index (χ0) is 18.8. The number of nitrogens with one attached hydrogen (secondary N) is 2. The molecular formula is C18H20N6O2S. The predicted molar refractivity (Wildman–Crippen MR) is 103 cm³/mol. The number of fused-ring (bicyclic) bond motifs is 1. The van der Waals surface area contributed by atoms with Crippen LogP contribution in [0.3, 0.4) is 0 Å². The monoisotopic (exact) mass is 384 g/mol. The minimum Gasteiger partial charge on any atom is -0.352 e. The van der Waals surface area contributed by atoms with Gasteiger partial charge in [0, 0.05) is 6.04 Å². The summed E-state index contributed by atoms with van der Waals surface area (Å²) in [6.45, 7) is 1.82. The number of hydrogen-bond acceptors (Lipinski definition) is 6. The number of nitrogens with zero attached hydrogens (tertiary/aromatic N) is 4. The Labute approximate surface area is 159 Å². The van der Waals surface area contributed by atoms with Crippen LogP contribution in [-0.4, -0.2) is 41.9 Å². The first-order valence-electron chi connectivity index (χ1n) is 8.98. The number of rotatable bonds is 5. The molecule has 1 aliphatic carbocycles. The lowest BCUT2D eigenvalue weighted by molar-refractivity contribution is -0.120. The van der Waals surface area contributed by atoms with Crippen molar-refractivity contribution >= 4 is 28.6 Å². The van der Waals surface area contributed by atoms with Crippen LogP contribution in [0.25, 0.3) is 16.9 Å². The van der Waals surface area contributed by atoms with Crippen molar-refractivity contribution in [3.63, 3.8) is 0 Å². The standard InChI is InChI=1S/C18H20N6O2S/c1-11(15(25)21-12-6-2-3-7-12)27-18-22-14-9-5-4-8-13(14)16(26)24(18)17-19-10-20-23-17/h4-5,8-12H,2-3,6-7H2,1H3,(H,21,25)(H,19,20,23)/t11-/m0/s1. The Morgan fingerprint density at radius 1 is 1.33 bits per heavy atom. The van der Waals surface area contributed by atoms with Crippen LogP contribution in [0.4, 0.5) is 0 Å². The molecule has 1 aromatic carbocycles. The largest absolute Gasteiger partial charge is 0.352 e. The molecule has 9 heteroatoms. The highest BCUT2D eigenvalue weighted by atomic mass is 32.2. The number of H-pyrrole nitrogens is 1. The summed E-state index contributed by atoms with van der Waals surface area (Å²) in [5.74, 6) is 0.239. The van der Waals surface area contributed by atoms with Gasteiger partial charge in [-0.1, -0.05) is 36.7 Å². The van der Waals surface area contributed by atoms with Gasteiger partial charge in [-0.05, 0) is 31.9 Å². The summed E-state index contributed by atoms with van der Waals surface area (Å²) in [5, 5.41) is 10.1. The Bertz CT molecular complexity index is 1010. The fourth-order valence-corrected chi connectivity index (χ4v) is 4.20. The van der Waals surface area contributed by atoms with Crippen LogP contribution in [0.15, 0.2) is 40.5 Å². The molecule has 140 valence electrons. The van der Waals surface area contributed by atoms with Gasteiger partial charge in [-0.15, -0.1) is 0 Å². The zero-order valence-electron chi connectivity index (χ0n) is 14.9. The maximum absolute atomic E-state index is 13.0. The molecule has 2 heterocycles. The Hall–Kier alpha value is -2.68. The molecule has 3 aromatic rings. The molecule has 0 radical (unpaired) electrons. The van der Waals surface area contributed by atoms with E-state index >= 15 is 0 Å². The van der Waals surface area contributed by atoms with Gasteiger partial charge in [0.05, 0.1) is 16.2 Å². The zero-order valence-corrected chi connectivity index (χ0v) is 15.7. The highest BCUT2D eigenvalue weighted by molar-refractivity contribution is 8.00. The van der Waals surface area contributed by atoms with Crippen LogP contribution in [0, 0.1) is 0 Å². The second kappa shape index (κ2) is 7.51. The molecule has 4 rings (SSSR count). The summed E-state index contributed by atoms with van der Waals surface area (Å²) in [7, 11) is 0. The van der Waals surface area contributed by atoms with E-state index in [4.69, 9.17) is 0 Å². The van der Waals surface area contributed by atoms with Crippen LogP contribution in [0.5, 0.6) is 0 Å². The van der Waals surface area contributed by atoms with Crippen molar-refractivity contribution in [3.8, 4) is 5.95 Å². The van der Waals surface area contributed by atoms with Crippen LogP contribution >= 0.6 is 11.8 Å². The Balaban J connectivity index is 1.68. The smallest absolute Gasteiger partial charge is 0.269 e. The topological polar surface area (TPSA) is 106 Å². The molecular weight excluding hydrogens is 364 g/mol. The lowest BCUT2D eigenvalue weighted by Gasteiger charge is -2.17. The summed E-state index contributed by atoms with van der Waals surface area (Å²) >= 11 is 1.24. The van der Waals surface area contributed by atoms with Crippen molar-refractivity contribution in [1.29, 1.82) is 0 Å². The Kier molecular flexibility index (Phi) is 4.93. The number of thioether (sulfide) groups is 1. The number of aromatic nitrogens is 5. The molecule has 1 aliphatic rings. The van der Waals surface area contributed by atoms with Gasteiger partial charge in [-0.2, -0.15) is 10.1 Å². The lowest BCUT2D eigenvalue weighted by atomic mass is 10.2. The van der Waals surface area contributed by atoms with Crippen molar-refractivity contribution in [1.82, 2.24) is 30.0 Å². The average Bonchev–Trinajstić information content (AvgIpc) is 3.36. The van der Waals surface area contributed by atoms with Crippen molar-refractivity contribution < 1.29 is 4.79 Å². The van der Waals surface area contributed by atoms with E-state index in [2.05, 4.69) is 25.5 Å². The normalized spacial score (nSPS) is 15.9. The average molecular weight is 384 g/mol. The van der Waals surface area contributed by atoms with E-state index in [0.29, 0.717) is 16.1 Å². The molecule has 1 fully saturated rings. The number of benzene rings is 1. The molecule has 0 bridgehead atoms. The number of aromatic amines is 1. The van der Waals surface area contributed by atoms with Crippen molar-refractivity contribution in [2.45, 2.75) is 49.1 Å². The van der Waals surface area contributed by atoms with Crippen LogP contribution < -0.4 is 10.9 Å². The first kappa shape index (κ1) is 17.7. The first-order chi connectivity index (χ1) is 13.1. The number of para-hydroxylation sites is 1. The number of carbonyl (C=O) groups excluding carboxylic acids is 1. The molecule has 0 saturated heterocycles. The summed E-state index contributed by atoms with van der Waals surface area (Å²) in [5.41, 5.74) is 0.340. The van der Waals surface area contributed by atoms with Crippen LogP contribution in [0.2, 0.25) is 0 Å². The van der Waals surface area contributed by atoms with E-state index in [-0.39, 0.29) is 23.5 Å². The van der Waals surface area contributed by atoms with Gasteiger partial charge in [-0.3, -0.25) is 9.59 Å².